The van der Waals surface area contributed by atoms with Gasteiger partial charge in [-0.15, -0.1) is 0 Å². The molecule has 2 rings (SSSR count). The summed E-state index contributed by atoms with van der Waals surface area (Å²) in [5, 5.41) is 8.85. The molecule has 0 radical (unpaired) electrons. The summed E-state index contributed by atoms with van der Waals surface area (Å²) >= 11 is 1.87. The van der Waals surface area contributed by atoms with Crippen molar-refractivity contribution in [3.05, 3.63) is 26.3 Å². The standard InChI is InChI=1S/C11H11F3IN3O3/c12-7-6(4-19)21-9(11(7,13)14)18-3-5(1-2-15)8(16)17-10(18)20/h1-3,6-7,9,19H,4H2,(H2,16,17,20). The van der Waals surface area contributed by atoms with Crippen molar-refractivity contribution < 1.29 is 23.0 Å². The molecule has 3 atom stereocenters. The van der Waals surface area contributed by atoms with E-state index in [4.69, 9.17) is 15.6 Å². The van der Waals surface area contributed by atoms with Crippen molar-refractivity contribution in [2.45, 2.75) is 24.4 Å². The highest BCUT2D eigenvalue weighted by atomic mass is 127. The summed E-state index contributed by atoms with van der Waals surface area (Å²) in [6.45, 7) is -0.926. The number of ether oxygens (including phenoxy) is 1. The second-order valence-electron chi connectivity index (χ2n) is 4.35. The Labute approximate surface area is 130 Å². The molecule has 1 saturated heterocycles. The van der Waals surface area contributed by atoms with Crippen molar-refractivity contribution in [3.8, 4) is 0 Å². The molecule has 0 spiro atoms. The fourth-order valence-corrected chi connectivity index (χ4v) is 2.34. The molecule has 1 aliphatic heterocycles. The van der Waals surface area contributed by atoms with Crippen LogP contribution in [0.4, 0.5) is 19.0 Å². The molecule has 1 aliphatic rings. The summed E-state index contributed by atoms with van der Waals surface area (Å²) in [7, 11) is 0. The Balaban J connectivity index is 2.51. The van der Waals surface area contributed by atoms with Gasteiger partial charge >= 0.3 is 11.6 Å². The monoisotopic (exact) mass is 417 g/mol. The van der Waals surface area contributed by atoms with E-state index in [2.05, 4.69) is 4.98 Å². The van der Waals surface area contributed by atoms with Crippen molar-refractivity contribution in [3.63, 3.8) is 0 Å². The van der Waals surface area contributed by atoms with Crippen molar-refractivity contribution in [2.24, 2.45) is 0 Å². The number of aliphatic hydroxyl groups excluding tert-OH is 1. The van der Waals surface area contributed by atoms with Crippen LogP contribution in [0.15, 0.2) is 15.1 Å². The van der Waals surface area contributed by atoms with Gasteiger partial charge < -0.3 is 15.6 Å². The van der Waals surface area contributed by atoms with E-state index in [1.807, 2.05) is 22.6 Å². The Morgan fingerprint density at radius 2 is 2.29 bits per heavy atom. The first-order valence-electron chi connectivity index (χ1n) is 5.76. The van der Waals surface area contributed by atoms with Gasteiger partial charge in [0.1, 0.15) is 11.9 Å². The van der Waals surface area contributed by atoms with Crippen molar-refractivity contribution in [2.75, 3.05) is 12.3 Å². The van der Waals surface area contributed by atoms with Gasteiger partial charge in [-0.25, -0.2) is 9.18 Å². The van der Waals surface area contributed by atoms with E-state index in [-0.39, 0.29) is 11.4 Å². The van der Waals surface area contributed by atoms with Crippen LogP contribution in [0.5, 0.6) is 0 Å². The van der Waals surface area contributed by atoms with Crippen LogP contribution in [-0.4, -0.2) is 39.5 Å². The number of rotatable bonds is 3. The Morgan fingerprint density at radius 1 is 1.62 bits per heavy atom. The summed E-state index contributed by atoms with van der Waals surface area (Å²) in [5.74, 6) is -4.11. The summed E-state index contributed by atoms with van der Waals surface area (Å²) in [4.78, 5) is 15.1. The third-order valence-electron chi connectivity index (χ3n) is 3.01. The van der Waals surface area contributed by atoms with Gasteiger partial charge in [0.25, 0.3) is 0 Å². The average molecular weight is 417 g/mol. The largest absolute Gasteiger partial charge is 0.394 e. The van der Waals surface area contributed by atoms with Crippen molar-refractivity contribution >= 4 is 34.5 Å². The number of anilines is 1. The molecule has 21 heavy (non-hydrogen) atoms. The quantitative estimate of drug-likeness (QED) is 0.720. The normalized spacial score (nSPS) is 28.3. The maximum Gasteiger partial charge on any atom is 0.351 e. The molecule has 1 aromatic heterocycles. The van der Waals surface area contributed by atoms with E-state index in [1.54, 1.807) is 4.08 Å². The van der Waals surface area contributed by atoms with Crippen LogP contribution < -0.4 is 11.4 Å². The highest BCUT2D eigenvalue weighted by molar-refractivity contribution is 14.1. The van der Waals surface area contributed by atoms with Crippen molar-refractivity contribution in [1.29, 1.82) is 0 Å². The molecule has 3 N–H and O–H groups in total. The van der Waals surface area contributed by atoms with E-state index in [0.29, 0.717) is 4.57 Å². The molecule has 0 aliphatic carbocycles. The number of alkyl halides is 3. The maximum absolute atomic E-state index is 13.9. The highest BCUT2D eigenvalue weighted by Crippen LogP contribution is 2.43. The number of aromatic nitrogens is 2. The van der Waals surface area contributed by atoms with Gasteiger partial charge in [0, 0.05) is 11.8 Å². The van der Waals surface area contributed by atoms with Crippen LogP contribution in [0, 0.1) is 0 Å². The molecule has 1 aromatic rings. The predicted octanol–water partition coefficient (Wildman–Crippen LogP) is 1.09. The number of hydrogen-bond donors (Lipinski definition) is 2. The van der Waals surface area contributed by atoms with Crippen LogP contribution in [-0.2, 0) is 4.74 Å². The molecule has 0 saturated carbocycles. The number of nitrogens with zero attached hydrogens (tertiary/aromatic N) is 2. The number of aliphatic hydroxyl groups is 1. The minimum atomic E-state index is -3.97. The summed E-state index contributed by atoms with van der Waals surface area (Å²) in [5.41, 5.74) is 4.63. The Morgan fingerprint density at radius 3 is 2.81 bits per heavy atom. The molecule has 2 heterocycles. The Hall–Kier alpha value is -1.14. The second-order valence-corrected chi connectivity index (χ2v) is 5.07. The van der Waals surface area contributed by atoms with Crippen LogP contribution in [0.2, 0.25) is 0 Å². The lowest BCUT2D eigenvalue weighted by Crippen LogP contribution is -2.40. The average Bonchev–Trinajstić information content (AvgIpc) is 2.65. The third-order valence-corrected chi connectivity index (χ3v) is 3.37. The minimum absolute atomic E-state index is 0.138. The molecule has 116 valence electrons. The SMILES string of the molecule is Nc1nc(=O)n(C2OC(CO)C(F)C2(F)F)cc1C=CI. The lowest BCUT2D eigenvalue weighted by molar-refractivity contribution is -0.130. The van der Waals surface area contributed by atoms with Gasteiger partial charge in [0.15, 0.2) is 6.17 Å². The third kappa shape index (κ3) is 2.79. The topological polar surface area (TPSA) is 90.4 Å². The number of hydrogen-bond acceptors (Lipinski definition) is 5. The first kappa shape index (κ1) is 16.2. The second kappa shape index (κ2) is 5.93. The summed E-state index contributed by atoms with van der Waals surface area (Å²) < 4.78 is 48.1. The fourth-order valence-electron chi connectivity index (χ4n) is 1.96. The van der Waals surface area contributed by atoms with Gasteiger partial charge in [-0.1, -0.05) is 22.6 Å². The van der Waals surface area contributed by atoms with Crippen LogP contribution in [0.1, 0.15) is 11.8 Å². The minimum Gasteiger partial charge on any atom is -0.394 e. The zero-order valence-corrected chi connectivity index (χ0v) is 12.6. The molecule has 0 bridgehead atoms. The van der Waals surface area contributed by atoms with Crippen LogP contribution >= 0.6 is 22.6 Å². The first-order chi connectivity index (χ1) is 9.82. The number of halogens is 4. The molecule has 1 fully saturated rings. The Kier molecular flexibility index (Phi) is 4.58. The van der Waals surface area contributed by atoms with Gasteiger partial charge in [0.05, 0.1) is 6.61 Å². The van der Waals surface area contributed by atoms with E-state index < -0.39 is 36.7 Å². The van der Waals surface area contributed by atoms with Crippen LogP contribution in [0.3, 0.4) is 0 Å². The summed E-state index contributed by atoms with van der Waals surface area (Å²) in [6, 6.07) is 0. The molecule has 10 heteroatoms. The number of nitrogen functional groups attached to an aromatic ring is 1. The molecular weight excluding hydrogens is 406 g/mol. The van der Waals surface area contributed by atoms with E-state index >= 15 is 0 Å². The highest BCUT2D eigenvalue weighted by Gasteiger charge is 2.60. The van der Waals surface area contributed by atoms with Gasteiger partial charge in [-0.2, -0.15) is 13.8 Å². The van der Waals surface area contributed by atoms with E-state index in [9.17, 15) is 18.0 Å². The zero-order valence-electron chi connectivity index (χ0n) is 10.4. The predicted molar refractivity (Wildman–Crippen MR) is 76.8 cm³/mol. The van der Waals surface area contributed by atoms with Crippen molar-refractivity contribution in [1.82, 2.24) is 9.55 Å². The molecular formula is C11H11F3IN3O3. The van der Waals surface area contributed by atoms with Gasteiger partial charge in [-0.05, 0) is 10.2 Å². The Bertz CT molecular complexity index is 622. The fraction of sp³-hybridized carbons (Fsp3) is 0.455. The van der Waals surface area contributed by atoms with E-state index in [0.717, 1.165) is 6.20 Å². The maximum atomic E-state index is 13.9. The molecule has 3 unspecified atom stereocenters. The lowest BCUT2D eigenvalue weighted by Gasteiger charge is -2.20. The van der Waals surface area contributed by atoms with Gasteiger partial charge in [-0.3, -0.25) is 4.57 Å². The first-order valence-corrected chi connectivity index (χ1v) is 7.01. The van der Waals surface area contributed by atoms with Gasteiger partial charge in [0.2, 0.25) is 6.23 Å². The molecule has 0 amide bonds. The summed E-state index contributed by atoms with van der Waals surface area (Å²) in [6.07, 6.45) is -4.15. The zero-order chi connectivity index (χ0) is 15.8. The smallest absolute Gasteiger partial charge is 0.351 e. The molecule has 0 aromatic carbocycles. The lowest BCUT2D eigenvalue weighted by atomic mass is 10.1. The van der Waals surface area contributed by atoms with Crippen LogP contribution in [0.25, 0.3) is 6.08 Å². The molecule has 6 nitrogen and oxygen atoms in total. The van der Waals surface area contributed by atoms with E-state index in [1.165, 1.54) is 6.08 Å². The number of nitrogens with two attached hydrogens (primary N) is 1.